The van der Waals surface area contributed by atoms with E-state index in [1.54, 1.807) is 23.9 Å². The van der Waals surface area contributed by atoms with Gasteiger partial charge >= 0.3 is 0 Å². The van der Waals surface area contributed by atoms with Crippen molar-refractivity contribution in [1.29, 1.82) is 0 Å². The van der Waals surface area contributed by atoms with E-state index in [2.05, 4.69) is 32.2 Å². The van der Waals surface area contributed by atoms with Crippen molar-refractivity contribution in [3.63, 3.8) is 0 Å². The molecule has 28 heavy (non-hydrogen) atoms. The number of nitro benzene ring substituents is 1. The Morgan fingerprint density at radius 1 is 1.14 bits per heavy atom. The summed E-state index contributed by atoms with van der Waals surface area (Å²) in [5.41, 5.74) is 2.20. The van der Waals surface area contributed by atoms with E-state index in [-0.39, 0.29) is 16.7 Å². The molecule has 1 aliphatic rings. The lowest BCUT2D eigenvalue weighted by atomic mass is 10.2. The van der Waals surface area contributed by atoms with Gasteiger partial charge in [0, 0.05) is 17.9 Å². The Labute approximate surface area is 167 Å². The number of nitrogens with zero attached hydrogens (tertiary/aromatic N) is 4. The molecule has 2 heterocycles. The Kier molecular flexibility index (Phi) is 5.68. The Morgan fingerprint density at radius 2 is 1.96 bits per heavy atom. The lowest BCUT2D eigenvalue weighted by molar-refractivity contribution is -0.384. The molecule has 8 heteroatoms. The van der Waals surface area contributed by atoms with Gasteiger partial charge in [0.2, 0.25) is 0 Å². The second-order valence-corrected chi connectivity index (χ2v) is 7.72. The zero-order valence-corrected chi connectivity index (χ0v) is 16.1. The fourth-order valence-corrected chi connectivity index (χ4v) is 4.28. The molecule has 0 bridgehead atoms. The number of hydrogen-bond acceptors (Lipinski definition) is 6. The molecule has 2 aromatic carbocycles. The molecule has 0 aliphatic carbocycles. The van der Waals surface area contributed by atoms with Crippen LogP contribution in [0.1, 0.15) is 35.8 Å². The highest BCUT2D eigenvalue weighted by Crippen LogP contribution is 2.29. The van der Waals surface area contributed by atoms with E-state index in [0.717, 1.165) is 35.9 Å². The van der Waals surface area contributed by atoms with Gasteiger partial charge in [0.15, 0.2) is 11.0 Å². The molecule has 1 aliphatic heterocycles. The summed E-state index contributed by atoms with van der Waals surface area (Å²) >= 11 is 1.56. The molecule has 144 valence electrons. The zero-order chi connectivity index (χ0) is 19.3. The minimum atomic E-state index is -0.365. The summed E-state index contributed by atoms with van der Waals surface area (Å²) in [6.07, 6.45) is 2.20. The van der Waals surface area contributed by atoms with Crippen LogP contribution in [0.15, 0.2) is 59.8 Å². The van der Waals surface area contributed by atoms with Gasteiger partial charge in [-0.2, -0.15) is 0 Å². The highest BCUT2D eigenvalue weighted by Gasteiger charge is 2.24. The van der Waals surface area contributed by atoms with Gasteiger partial charge in [-0.15, -0.1) is 10.2 Å². The van der Waals surface area contributed by atoms with E-state index in [0.29, 0.717) is 12.3 Å². The van der Waals surface area contributed by atoms with Gasteiger partial charge in [0.05, 0.1) is 17.5 Å². The number of non-ortho nitro benzene ring substituents is 1. The average Bonchev–Trinajstić information content (AvgIpc) is 3.37. The molecule has 7 nitrogen and oxygen atoms in total. The number of benzene rings is 2. The van der Waals surface area contributed by atoms with Gasteiger partial charge in [0.1, 0.15) is 0 Å². The van der Waals surface area contributed by atoms with Crippen molar-refractivity contribution in [2.45, 2.75) is 36.3 Å². The van der Waals surface area contributed by atoms with Gasteiger partial charge < -0.3 is 9.88 Å². The molecule has 0 saturated carbocycles. The van der Waals surface area contributed by atoms with Crippen molar-refractivity contribution in [3.8, 4) is 0 Å². The number of aromatic nitrogens is 3. The summed E-state index contributed by atoms with van der Waals surface area (Å²) < 4.78 is 2.17. The smallest absolute Gasteiger partial charge is 0.269 e. The topological polar surface area (TPSA) is 85.9 Å². The van der Waals surface area contributed by atoms with Crippen LogP contribution in [0.3, 0.4) is 0 Å². The molecular formula is C20H21N5O2S. The van der Waals surface area contributed by atoms with Gasteiger partial charge in [-0.3, -0.25) is 10.1 Å². The molecule has 4 rings (SSSR count). The standard InChI is InChI=1S/C20H21N5O2S/c26-25(27)17-9-4-8-16(12-17)14-28-20-23-22-19(18-10-5-11-21-18)24(20)13-15-6-2-1-3-7-15/h1-4,6-9,12,18,21H,5,10-11,13-14H2. The molecule has 0 amide bonds. The SMILES string of the molecule is O=[N+]([O-])c1cccc(CSc2nnc(C3CCCN3)n2Cc2ccccc2)c1. The number of nitro groups is 1. The minimum Gasteiger partial charge on any atom is -0.307 e. The third-order valence-electron chi connectivity index (χ3n) is 4.79. The molecule has 1 atom stereocenters. The predicted octanol–water partition coefficient (Wildman–Crippen LogP) is 3.95. The van der Waals surface area contributed by atoms with Gasteiger partial charge in [0.25, 0.3) is 5.69 Å². The molecule has 1 aromatic heterocycles. The largest absolute Gasteiger partial charge is 0.307 e. The van der Waals surface area contributed by atoms with Crippen LogP contribution in [0.5, 0.6) is 0 Å². The van der Waals surface area contributed by atoms with Crippen molar-refractivity contribution in [2.24, 2.45) is 0 Å². The van der Waals surface area contributed by atoms with Crippen LogP contribution in [-0.2, 0) is 12.3 Å². The van der Waals surface area contributed by atoms with Crippen LogP contribution in [0.2, 0.25) is 0 Å². The van der Waals surface area contributed by atoms with E-state index in [4.69, 9.17) is 0 Å². The maximum absolute atomic E-state index is 11.0. The van der Waals surface area contributed by atoms with Gasteiger partial charge in [-0.05, 0) is 30.5 Å². The Hall–Kier alpha value is -2.71. The molecular weight excluding hydrogens is 374 g/mol. The summed E-state index contributed by atoms with van der Waals surface area (Å²) in [7, 11) is 0. The van der Waals surface area contributed by atoms with Crippen molar-refractivity contribution < 1.29 is 4.92 Å². The lowest BCUT2D eigenvalue weighted by Crippen LogP contribution is -2.19. The average molecular weight is 395 g/mol. The second-order valence-electron chi connectivity index (χ2n) is 6.78. The van der Waals surface area contributed by atoms with Crippen LogP contribution in [0.25, 0.3) is 0 Å². The molecule has 1 fully saturated rings. The monoisotopic (exact) mass is 395 g/mol. The summed E-state index contributed by atoms with van der Waals surface area (Å²) in [4.78, 5) is 10.6. The first kappa shape index (κ1) is 18.6. The molecule has 0 radical (unpaired) electrons. The van der Waals surface area contributed by atoms with Crippen LogP contribution in [0.4, 0.5) is 5.69 Å². The number of thioether (sulfide) groups is 1. The maximum atomic E-state index is 11.0. The van der Waals surface area contributed by atoms with Crippen LogP contribution >= 0.6 is 11.8 Å². The molecule has 0 spiro atoms. The third kappa shape index (κ3) is 4.23. The highest BCUT2D eigenvalue weighted by atomic mass is 32.2. The van der Waals surface area contributed by atoms with Gasteiger partial charge in [-0.25, -0.2) is 0 Å². The molecule has 1 unspecified atom stereocenters. The Bertz CT molecular complexity index is 954. The predicted molar refractivity (Wildman–Crippen MR) is 108 cm³/mol. The first-order valence-corrected chi connectivity index (χ1v) is 10.3. The summed E-state index contributed by atoms with van der Waals surface area (Å²) in [6, 6.07) is 17.2. The number of nitrogens with one attached hydrogen (secondary N) is 1. The number of rotatable bonds is 7. The fourth-order valence-electron chi connectivity index (χ4n) is 3.39. The van der Waals surface area contributed by atoms with Crippen LogP contribution in [-0.4, -0.2) is 26.2 Å². The molecule has 1 N–H and O–H groups in total. The zero-order valence-electron chi connectivity index (χ0n) is 15.3. The quantitative estimate of drug-likeness (QED) is 0.370. The molecule has 3 aromatic rings. The fraction of sp³-hybridized carbons (Fsp3) is 0.300. The summed E-state index contributed by atoms with van der Waals surface area (Å²) in [6.45, 7) is 1.71. The van der Waals surface area contributed by atoms with Crippen LogP contribution in [0, 0.1) is 10.1 Å². The maximum Gasteiger partial charge on any atom is 0.269 e. The van der Waals surface area contributed by atoms with Crippen molar-refractivity contribution >= 4 is 17.4 Å². The van der Waals surface area contributed by atoms with E-state index < -0.39 is 0 Å². The first-order valence-electron chi connectivity index (χ1n) is 9.27. The summed E-state index contributed by atoms with van der Waals surface area (Å²) in [5, 5.41) is 24.2. The number of hydrogen-bond donors (Lipinski definition) is 1. The highest BCUT2D eigenvalue weighted by molar-refractivity contribution is 7.98. The van der Waals surface area contributed by atoms with Crippen molar-refractivity contribution in [3.05, 3.63) is 81.7 Å². The Balaban J connectivity index is 1.57. The molecule has 1 saturated heterocycles. The van der Waals surface area contributed by atoms with E-state index in [1.165, 1.54) is 11.6 Å². The first-order chi connectivity index (χ1) is 13.7. The second kappa shape index (κ2) is 8.53. The minimum absolute atomic E-state index is 0.111. The van der Waals surface area contributed by atoms with Crippen molar-refractivity contribution in [1.82, 2.24) is 20.1 Å². The lowest BCUT2D eigenvalue weighted by Gasteiger charge is -2.14. The van der Waals surface area contributed by atoms with E-state index in [1.807, 2.05) is 24.3 Å². The van der Waals surface area contributed by atoms with E-state index >= 15 is 0 Å². The van der Waals surface area contributed by atoms with Crippen molar-refractivity contribution in [2.75, 3.05) is 6.54 Å². The van der Waals surface area contributed by atoms with Crippen LogP contribution < -0.4 is 5.32 Å². The van der Waals surface area contributed by atoms with E-state index in [9.17, 15) is 10.1 Å². The summed E-state index contributed by atoms with van der Waals surface area (Å²) in [5.74, 6) is 1.56. The van der Waals surface area contributed by atoms with Gasteiger partial charge in [-0.1, -0.05) is 54.2 Å². The third-order valence-corrected chi connectivity index (χ3v) is 5.83. The normalized spacial score (nSPS) is 16.4. The Morgan fingerprint density at radius 3 is 2.71 bits per heavy atom.